The van der Waals surface area contributed by atoms with E-state index in [0.717, 1.165) is 51.8 Å². The lowest BCUT2D eigenvalue weighted by Gasteiger charge is -2.45. The summed E-state index contributed by atoms with van der Waals surface area (Å²) >= 11 is 0. The lowest BCUT2D eigenvalue weighted by molar-refractivity contribution is -0.0484. The van der Waals surface area contributed by atoms with E-state index in [1.165, 1.54) is 16.2 Å². The fourth-order valence-corrected chi connectivity index (χ4v) is 6.15. The van der Waals surface area contributed by atoms with E-state index in [1.807, 2.05) is 0 Å². The van der Waals surface area contributed by atoms with Gasteiger partial charge in [-0.15, -0.1) is 0 Å². The molecule has 5 heteroatoms. The number of fused-ring (bicyclic) bond motifs is 6. The summed E-state index contributed by atoms with van der Waals surface area (Å²) in [5.74, 6) is 0.917. The predicted molar refractivity (Wildman–Crippen MR) is 171 cm³/mol. The van der Waals surface area contributed by atoms with Crippen LogP contribution in [0.3, 0.4) is 0 Å². The summed E-state index contributed by atoms with van der Waals surface area (Å²) in [6, 6.07) is 36.4. The van der Waals surface area contributed by atoms with Gasteiger partial charge in [0.2, 0.25) is 0 Å². The van der Waals surface area contributed by atoms with Gasteiger partial charge in [-0.2, -0.15) is 0 Å². The van der Waals surface area contributed by atoms with Crippen molar-refractivity contribution in [3.05, 3.63) is 103 Å². The van der Waals surface area contributed by atoms with Gasteiger partial charge in [-0.3, -0.25) is 4.57 Å². The number of para-hydroxylation sites is 1. The van der Waals surface area contributed by atoms with Crippen molar-refractivity contribution in [2.75, 3.05) is 6.61 Å². The zero-order valence-electron chi connectivity index (χ0n) is 24.2. The topological polar surface area (TPSA) is 36.3 Å². The molecule has 0 bridgehead atoms. The monoisotopic (exact) mass is 538 g/mol. The van der Waals surface area contributed by atoms with Crippen LogP contribution in [-0.2, 0) is 9.31 Å². The predicted octanol–water partition coefficient (Wildman–Crippen LogP) is 8.33. The molecule has 1 aromatic heterocycles. The maximum absolute atomic E-state index is 6.62. The highest BCUT2D eigenvalue weighted by molar-refractivity contribution is 6.61. The summed E-state index contributed by atoms with van der Waals surface area (Å²) in [6.07, 6.45) is 2.10. The quantitative estimate of drug-likeness (QED) is 0.168. The smallest absolute Gasteiger partial charge is 0.407 e. The van der Waals surface area contributed by atoms with Crippen LogP contribution in [0, 0.1) is 5.41 Å². The molecule has 41 heavy (non-hydrogen) atoms. The van der Waals surface area contributed by atoms with Gasteiger partial charge in [-0.05, 0) is 60.5 Å². The molecule has 1 saturated heterocycles. The summed E-state index contributed by atoms with van der Waals surface area (Å²) in [5, 5.41) is 4.81. The average Bonchev–Trinajstić information content (AvgIpc) is 3.40. The summed E-state index contributed by atoms with van der Waals surface area (Å²) in [5.41, 5.74) is 5.04. The molecule has 0 saturated carbocycles. The van der Waals surface area contributed by atoms with Crippen LogP contribution in [0.2, 0.25) is 0 Å². The third-order valence-electron chi connectivity index (χ3n) is 9.23. The second-order valence-electron chi connectivity index (χ2n) is 12.3. The molecular weight excluding hydrogens is 503 g/mol. The summed E-state index contributed by atoms with van der Waals surface area (Å²) in [4.78, 5) is 5.35. The molecule has 0 spiro atoms. The van der Waals surface area contributed by atoms with Gasteiger partial charge in [0.05, 0.1) is 16.6 Å². The van der Waals surface area contributed by atoms with Crippen LogP contribution in [0.4, 0.5) is 0 Å². The Morgan fingerprint density at radius 1 is 0.707 bits per heavy atom. The molecule has 0 unspecified atom stereocenters. The molecule has 1 aliphatic heterocycles. The lowest BCUT2D eigenvalue weighted by atomic mass is 9.69. The minimum absolute atomic E-state index is 0.0566. The number of aromatic nitrogens is 2. The summed E-state index contributed by atoms with van der Waals surface area (Å²) in [7, 11) is -0.403. The van der Waals surface area contributed by atoms with Crippen molar-refractivity contribution in [3.63, 3.8) is 0 Å². The molecule has 7 rings (SSSR count). The Morgan fingerprint density at radius 2 is 1.32 bits per heavy atom. The Morgan fingerprint density at radius 3 is 2.02 bits per heavy atom. The highest BCUT2D eigenvalue weighted by Gasteiger charge is 2.42. The SMILES string of the molecule is CC1(C)CCCOB(c2ccc(-c3nc4c5ccccc5c5ccccc5c4n3-c3ccccc3)cc2)OC1(C)C. The van der Waals surface area contributed by atoms with Crippen molar-refractivity contribution in [2.24, 2.45) is 5.41 Å². The van der Waals surface area contributed by atoms with Crippen LogP contribution in [-0.4, -0.2) is 28.9 Å². The Kier molecular flexibility index (Phi) is 6.26. The zero-order valence-corrected chi connectivity index (χ0v) is 24.2. The van der Waals surface area contributed by atoms with Crippen molar-refractivity contribution >= 4 is 45.2 Å². The van der Waals surface area contributed by atoms with Crippen LogP contribution < -0.4 is 5.46 Å². The zero-order chi connectivity index (χ0) is 28.2. The third-order valence-corrected chi connectivity index (χ3v) is 9.23. The van der Waals surface area contributed by atoms with Crippen LogP contribution >= 0.6 is 0 Å². The molecule has 0 atom stereocenters. The van der Waals surface area contributed by atoms with E-state index < -0.39 is 7.12 Å². The molecule has 0 aliphatic carbocycles. The van der Waals surface area contributed by atoms with Crippen LogP contribution in [0.25, 0.3) is 49.7 Å². The fraction of sp³-hybridized carbons (Fsp3) is 0.250. The van der Waals surface area contributed by atoms with Crippen molar-refractivity contribution in [2.45, 2.75) is 46.1 Å². The standard InChI is InChI=1S/C36H35BN2O2/c1-35(2)23-12-24-40-37(41-36(35,3)4)26-21-19-25(20-22-26)34-38-32-30-17-10-8-15-28(30)29-16-9-11-18-31(29)33(32)39(34)27-13-6-5-7-14-27/h5-11,13-22H,12,23-24H2,1-4H3. The Labute approximate surface area is 242 Å². The number of nitrogens with zero attached hydrogens (tertiary/aromatic N) is 2. The van der Waals surface area contributed by atoms with E-state index in [4.69, 9.17) is 14.3 Å². The first-order chi connectivity index (χ1) is 19.8. The van der Waals surface area contributed by atoms with Gasteiger partial charge >= 0.3 is 7.12 Å². The number of hydrogen-bond acceptors (Lipinski definition) is 3. The maximum atomic E-state index is 6.62. The average molecular weight is 539 g/mol. The molecule has 0 radical (unpaired) electrons. The Bertz CT molecular complexity index is 1870. The van der Waals surface area contributed by atoms with Crippen LogP contribution in [0.15, 0.2) is 103 Å². The first-order valence-electron chi connectivity index (χ1n) is 14.6. The summed E-state index contributed by atoms with van der Waals surface area (Å²) < 4.78 is 15.2. The number of rotatable bonds is 3. The normalized spacial score (nSPS) is 17.1. The molecule has 6 aromatic rings. The van der Waals surface area contributed by atoms with Crippen molar-refractivity contribution in [1.29, 1.82) is 0 Å². The third kappa shape index (κ3) is 4.35. The van der Waals surface area contributed by atoms with Gasteiger partial charge in [-0.1, -0.05) is 105 Å². The molecule has 5 aromatic carbocycles. The molecule has 1 aliphatic rings. The minimum Gasteiger partial charge on any atom is -0.407 e. The first-order valence-corrected chi connectivity index (χ1v) is 14.6. The Balaban J connectivity index is 1.41. The van der Waals surface area contributed by atoms with Gasteiger partial charge in [0, 0.05) is 28.6 Å². The van der Waals surface area contributed by atoms with Crippen LogP contribution in [0.1, 0.15) is 40.5 Å². The van der Waals surface area contributed by atoms with Gasteiger partial charge < -0.3 is 9.31 Å². The van der Waals surface area contributed by atoms with Gasteiger partial charge in [0.15, 0.2) is 0 Å². The molecule has 4 nitrogen and oxygen atoms in total. The lowest BCUT2D eigenvalue weighted by Crippen LogP contribution is -2.52. The fourth-order valence-electron chi connectivity index (χ4n) is 6.15. The highest BCUT2D eigenvalue weighted by Crippen LogP contribution is 2.41. The van der Waals surface area contributed by atoms with E-state index in [-0.39, 0.29) is 11.0 Å². The molecule has 0 N–H and O–H groups in total. The second kappa shape index (κ2) is 9.86. The minimum atomic E-state index is -0.403. The number of imidazole rings is 1. The second-order valence-corrected chi connectivity index (χ2v) is 12.3. The van der Waals surface area contributed by atoms with E-state index in [1.54, 1.807) is 0 Å². The van der Waals surface area contributed by atoms with Gasteiger partial charge in [0.25, 0.3) is 0 Å². The first kappa shape index (κ1) is 26.0. The summed E-state index contributed by atoms with van der Waals surface area (Å²) in [6.45, 7) is 9.63. The molecule has 1 fully saturated rings. The molecular formula is C36H35BN2O2. The van der Waals surface area contributed by atoms with Crippen molar-refractivity contribution in [1.82, 2.24) is 9.55 Å². The van der Waals surface area contributed by atoms with Gasteiger partial charge in [-0.25, -0.2) is 4.98 Å². The van der Waals surface area contributed by atoms with Crippen molar-refractivity contribution in [3.8, 4) is 17.1 Å². The molecule has 204 valence electrons. The number of hydrogen-bond donors (Lipinski definition) is 0. The maximum Gasteiger partial charge on any atom is 0.494 e. The van der Waals surface area contributed by atoms with E-state index in [9.17, 15) is 0 Å². The number of benzene rings is 5. The van der Waals surface area contributed by atoms with E-state index in [0.29, 0.717) is 6.61 Å². The molecule has 2 heterocycles. The highest BCUT2D eigenvalue weighted by atomic mass is 16.6. The van der Waals surface area contributed by atoms with E-state index in [2.05, 4.69) is 135 Å². The van der Waals surface area contributed by atoms with Crippen molar-refractivity contribution < 1.29 is 9.31 Å². The van der Waals surface area contributed by atoms with E-state index >= 15 is 0 Å². The Hall–Kier alpha value is -3.93. The van der Waals surface area contributed by atoms with Gasteiger partial charge in [0.1, 0.15) is 5.82 Å². The molecule has 0 amide bonds. The largest absolute Gasteiger partial charge is 0.494 e. The van der Waals surface area contributed by atoms with Crippen LogP contribution in [0.5, 0.6) is 0 Å².